The van der Waals surface area contributed by atoms with Crippen molar-refractivity contribution in [2.75, 3.05) is 25.6 Å². The van der Waals surface area contributed by atoms with Crippen LogP contribution in [0.3, 0.4) is 0 Å². The van der Waals surface area contributed by atoms with Gasteiger partial charge in [0.2, 0.25) is 0 Å². The van der Waals surface area contributed by atoms with Gasteiger partial charge in [0.25, 0.3) is 11.8 Å². The second kappa shape index (κ2) is 10.9. The number of anilines is 1. The number of hydrogen-bond acceptors (Lipinski definition) is 5. The highest BCUT2D eigenvalue weighted by atomic mass is 35.5. The first-order chi connectivity index (χ1) is 16.9. The van der Waals surface area contributed by atoms with E-state index in [9.17, 15) is 9.59 Å². The molecule has 4 aromatic rings. The first-order valence-electron chi connectivity index (χ1n) is 11.0. The minimum absolute atomic E-state index is 0.126. The molecule has 35 heavy (non-hydrogen) atoms. The molecule has 1 heterocycles. The number of aromatic nitrogens is 2. The molecule has 0 saturated carbocycles. The average Bonchev–Trinajstić information content (AvgIpc) is 3.18. The average molecular weight is 493 g/mol. The Hall–Kier alpha value is -4.04. The Balaban J connectivity index is 1.35. The van der Waals surface area contributed by atoms with Gasteiger partial charge in [0.1, 0.15) is 17.3 Å². The Morgan fingerprint density at radius 2 is 1.83 bits per heavy atom. The van der Waals surface area contributed by atoms with E-state index in [1.807, 2.05) is 35.9 Å². The molecule has 0 aliphatic heterocycles. The summed E-state index contributed by atoms with van der Waals surface area (Å²) in [5.74, 6) is 1.42. The van der Waals surface area contributed by atoms with Crippen LogP contribution in [0.15, 0.2) is 66.7 Å². The number of nitrogens with zero attached hydrogens (tertiary/aromatic N) is 2. The predicted octanol–water partition coefficient (Wildman–Crippen LogP) is 4.23. The molecular weight excluding hydrogens is 468 g/mol. The van der Waals surface area contributed by atoms with E-state index in [0.29, 0.717) is 40.7 Å². The van der Waals surface area contributed by atoms with Crippen molar-refractivity contribution in [1.29, 1.82) is 0 Å². The van der Waals surface area contributed by atoms with Gasteiger partial charge in [0, 0.05) is 30.7 Å². The van der Waals surface area contributed by atoms with E-state index in [-0.39, 0.29) is 18.4 Å². The van der Waals surface area contributed by atoms with Crippen LogP contribution in [0.1, 0.15) is 16.2 Å². The number of methoxy groups -OCH3 is 1. The summed E-state index contributed by atoms with van der Waals surface area (Å²) in [4.78, 5) is 29.5. The maximum atomic E-state index is 12.5. The zero-order valence-corrected chi connectivity index (χ0v) is 20.1. The smallest absolute Gasteiger partial charge is 0.262 e. The number of carbonyl (C=O) groups is 2. The van der Waals surface area contributed by atoms with Crippen LogP contribution in [0.4, 0.5) is 5.69 Å². The Morgan fingerprint density at radius 1 is 1.06 bits per heavy atom. The SMILES string of the molecule is COc1ccccc1C(=O)NCCc1nc2cc(NC(=O)COc3ccc(Cl)cc3)ccc2n1C. The fourth-order valence-corrected chi connectivity index (χ4v) is 3.77. The van der Waals surface area contributed by atoms with Crippen molar-refractivity contribution in [3.63, 3.8) is 0 Å². The van der Waals surface area contributed by atoms with Crippen molar-refractivity contribution in [3.8, 4) is 11.5 Å². The normalized spacial score (nSPS) is 10.7. The number of benzene rings is 3. The number of para-hydroxylation sites is 1. The van der Waals surface area contributed by atoms with Crippen LogP contribution in [-0.2, 0) is 18.3 Å². The van der Waals surface area contributed by atoms with E-state index in [2.05, 4.69) is 15.6 Å². The van der Waals surface area contributed by atoms with Crippen LogP contribution in [-0.4, -0.2) is 41.6 Å². The monoisotopic (exact) mass is 492 g/mol. The first-order valence-corrected chi connectivity index (χ1v) is 11.4. The lowest BCUT2D eigenvalue weighted by molar-refractivity contribution is -0.118. The van der Waals surface area contributed by atoms with Crippen LogP contribution in [0.2, 0.25) is 5.02 Å². The molecular formula is C26H25ClN4O4. The van der Waals surface area contributed by atoms with Crippen molar-refractivity contribution in [2.24, 2.45) is 7.05 Å². The first kappa shape index (κ1) is 24.1. The summed E-state index contributed by atoms with van der Waals surface area (Å²) < 4.78 is 12.7. The highest BCUT2D eigenvalue weighted by Crippen LogP contribution is 2.21. The van der Waals surface area contributed by atoms with Gasteiger partial charge < -0.3 is 24.7 Å². The number of carbonyl (C=O) groups excluding carboxylic acids is 2. The van der Waals surface area contributed by atoms with Crippen LogP contribution in [0.5, 0.6) is 11.5 Å². The molecule has 0 aliphatic rings. The molecule has 0 atom stereocenters. The largest absolute Gasteiger partial charge is 0.496 e. The number of fused-ring (bicyclic) bond motifs is 1. The molecule has 2 N–H and O–H groups in total. The summed E-state index contributed by atoms with van der Waals surface area (Å²) >= 11 is 5.86. The molecule has 0 spiro atoms. The van der Waals surface area contributed by atoms with Gasteiger partial charge in [-0.15, -0.1) is 0 Å². The van der Waals surface area contributed by atoms with E-state index in [0.717, 1.165) is 16.9 Å². The lowest BCUT2D eigenvalue weighted by atomic mass is 10.2. The van der Waals surface area contributed by atoms with Crippen molar-refractivity contribution in [2.45, 2.75) is 6.42 Å². The Morgan fingerprint density at radius 3 is 2.60 bits per heavy atom. The molecule has 180 valence electrons. The number of amides is 2. The molecule has 1 aromatic heterocycles. The van der Waals surface area contributed by atoms with E-state index in [4.69, 9.17) is 21.1 Å². The third-order valence-electron chi connectivity index (χ3n) is 5.43. The number of ether oxygens (including phenoxy) is 2. The van der Waals surface area contributed by atoms with Gasteiger partial charge >= 0.3 is 0 Å². The van der Waals surface area contributed by atoms with Crippen LogP contribution in [0, 0.1) is 0 Å². The molecule has 0 unspecified atom stereocenters. The molecule has 0 saturated heterocycles. The van der Waals surface area contributed by atoms with Gasteiger partial charge in [0.15, 0.2) is 6.61 Å². The minimum atomic E-state index is -0.283. The lowest BCUT2D eigenvalue weighted by Gasteiger charge is -2.09. The number of aryl methyl sites for hydroxylation is 1. The second-order valence-electron chi connectivity index (χ2n) is 7.79. The molecule has 0 bridgehead atoms. The number of nitrogens with one attached hydrogen (secondary N) is 2. The zero-order valence-electron chi connectivity index (χ0n) is 19.4. The zero-order chi connectivity index (χ0) is 24.8. The molecule has 2 amide bonds. The highest BCUT2D eigenvalue weighted by Gasteiger charge is 2.13. The molecule has 0 radical (unpaired) electrons. The molecule has 0 aliphatic carbocycles. The van der Waals surface area contributed by atoms with Gasteiger partial charge in [-0.2, -0.15) is 0 Å². The van der Waals surface area contributed by atoms with Gasteiger partial charge in [-0.1, -0.05) is 23.7 Å². The third-order valence-corrected chi connectivity index (χ3v) is 5.68. The highest BCUT2D eigenvalue weighted by molar-refractivity contribution is 6.30. The summed E-state index contributed by atoms with van der Waals surface area (Å²) in [5, 5.41) is 6.34. The van der Waals surface area contributed by atoms with Crippen LogP contribution >= 0.6 is 11.6 Å². The van der Waals surface area contributed by atoms with Crippen molar-refractivity contribution >= 4 is 40.1 Å². The van der Waals surface area contributed by atoms with Crippen molar-refractivity contribution < 1.29 is 19.1 Å². The maximum Gasteiger partial charge on any atom is 0.262 e. The Labute approximate surface area is 207 Å². The summed E-state index contributed by atoms with van der Waals surface area (Å²) in [7, 11) is 3.46. The quantitative estimate of drug-likeness (QED) is 0.365. The molecule has 9 heteroatoms. The third kappa shape index (κ3) is 5.91. The van der Waals surface area contributed by atoms with E-state index < -0.39 is 0 Å². The summed E-state index contributed by atoms with van der Waals surface area (Å²) in [6, 6.07) is 19.4. The van der Waals surface area contributed by atoms with Gasteiger partial charge in [-0.25, -0.2) is 4.98 Å². The van der Waals surface area contributed by atoms with E-state index >= 15 is 0 Å². The van der Waals surface area contributed by atoms with E-state index in [1.54, 1.807) is 42.5 Å². The number of imidazole rings is 1. The van der Waals surface area contributed by atoms with Crippen molar-refractivity contribution in [1.82, 2.24) is 14.9 Å². The number of hydrogen-bond donors (Lipinski definition) is 2. The van der Waals surface area contributed by atoms with E-state index in [1.165, 1.54) is 7.11 Å². The summed E-state index contributed by atoms with van der Waals surface area (Å²) in [5.41, 5.74) is 2.78. The van der Waals surface area contributed by atoms with Gasteiger partial charge in [0.05, 0.1) is 23.7 Å². The van der Waals surface area contributed by atoms with Gasteiger partial charge in [-0.3, -0.25) is 9.59 Å². The minimum Gasteiger partial charge on any atom is -0.496 e. The summed E-state index contributed by atoms with van der Waals surface area (Å²) in [6.45, 7) is 0.290. The summed E-state index contributed by atoms with van der Waals surface area (Å²) in [6.07, 6.45) is 0.544. The maximum absolute atomic E-state index is 12.5. The van der Waals surface area contributed by atoms with Crippen LogP contribution < -0.4 is 20.1 Å². The number of rotatable bonds is 9. The fourth-order valence-electron chi connectivity index (χ4n) is 3.64. The van der Waals surface area contributed by atoms with Crippen LogP contribution in [0.25, 0.3) is 11.0 Å². The molecule has 4 rings (SSSR count). The molecule has 0 fully saturated rings. The van der Waals surface area contributed by atoms with Gasteiger partial charge in [-0.05, 0) is 54.6 Å². The second-order valence-corrected chi connectivity index (χ2v) is 8.22. The Kier molecular flexibility index (Phi) is 7.52. The Bertz CT molecular complexity index is 1350. The van der Waals surface area contributed by atoms with Crippen molar-refractivity contribution in [3.05, 3.63) is 83.1 Å². The predicted molar refractivity (Wildman–Crippen MR) is 135 cm³/mol. The lowest BCUT2D eigenvalue weighted by Crippen LogP contribution is -2.26. The molecule has 3 aromatic carbocycles. The topological polar surface area (TPSA) is 94.5 Å². The number of halogens is 1. The molecule has 8 nitrogen and oxygen atoms in total. The standard InChI is InChI=1S/C26H25ClN4O4/c1-31-22-12-9-18(29-25(32)16-35-19-10-7-17(27)8-11-19)15-21(22)30-24(31)13-14-28-26(33)20-5-3-4-6-23(20)34-2/h3-12,15H,13-14,16H2,1-2H3,(H,28,33)(H,29,32). The fraction of sp³-hybridized carbons (Fsp3) is 0.192.